The maximum Gasteiger partial charge on any atom is 0.431 e. The standard InChI is InChI=1S/C22H17F3N2O2/c1-2-14-7-6-10-16(13-14)19(15-8-4-3-5-9-15)27-21(29)17-11-12-18(22(23,24)25)26-20(17)28/h2-13,19H,1H2,(H,26,28)(H,27,29). The molecule has 3 rings (SSSR count). The molecule has 7 heteroatoms. The van der Waals surface area contributed by atoms with Crippen LogP contribution in [0.3, 0.4) is 0 Å². The van der Waals surface area contributed by atoms with E-state index < -0.39 is 34.9 Å². The summed E-state index contributed by atoms with van der Waals surface area (Å²) in [7, 11) is 0. The first-order valence-electron chi connectivity index (χ1n) is 8.68. The molecular weight excluding hydrogens is 381 g/mol. The molecule has 3 aromatic rings. The van der Waals surface area contributed by atoms with Crippen LogP contribution in [0.2, 0.25) is 0 Å². The molecule has 2 aromatic carbocycles. The van der Waals surface area contributed by atoms with Gasteiger partial charge in [-0.1, -0.05) is 61.2 Å². The Kier molecular flexibility index (Phi) is 5.68. The Morgan fingerprint density at radius 2 is 1.69 bits per heavy atom. The van der Waals surface area contributed by atoms with E-state index in [1.807, 2.05) is 36.4 Å². The summed E-state index contributed by atoms with van der Waals surface area (Å²) in [6.07, 6.45) is -3.04. The van der Waals surface area contributed by atoms with Gasteiger partial charge in [0, 0.05) is 0 Å². The molecule has 4 nitrogen and oxygen atoms in total. The lowest BCUT2D eigenvalue weighted by Gasteiger charge is -2.20. The van der Waals surface area contributed by atoms with Crippen LogP contribution >= 0.6 is 0 Å². The van der Waals surface area contributed by atoms with Crippen LogP contribution in [-0.2, 0) is 6.18 Å². The van der Waals surface area contributed by atoms with Gasteiger partial charge in [0.05, 0.1) is 6.04 Å². The molecule has 0 radical (unpaired) electrons. The van der Waals surface area contributed by atoms with Gasteiger partial charge in [0.1, 0.15) is 11.3 Å². The number of rotatable bonds is 5. The number of carbonyl (C=O) groups excluding carboxylic acids is 1. The van der Waals surface area contributed by atoms with E-state index in [-0.39, 0.29) is 0 Å². The quantitative estimate of drug-likeness (QED) is 0.662. The highest BCUT2D eigenvalue weighted by Gasteiger charge is 2.32. The van der Waals surface area contributed by atoms with Crippen LogP contribution in [0.4, 0.5) is 13.2 Å². The molecule has 1 unspecified atom stereocenters. The normalized spacial score (nSPS) is 12.2. The van der Waals surface area contributed by atoms with E-state index >= 15 is 0 Å². The number of nitrogens with one attached hydrogen (secondary N) is 2. The highest BCUT2D eigenvalue weighted by atomic mass is 19.4. The summed E-state index contributed by atoms with van der Waals surface area (Å²) < 4.78 is 38.2. The average Bonchev–Trinajstić information content (AvgIpc) is 2.71. The van der Waals surface area contributed by atoms with Crippen LogP contribution in [0.25, 0.3) is 6.08 Å². The topological polar surface area (TPSA) is 62.0 Å². The van der Waals surface area contributed by atoms with Crippen molar-refractivity contribution in [3.05, 3.63) is 112 Å². The number of pyridine rings is 1. The van der Waals surface area contributed by atoms with Crippen molar-refractivity contribution in [2.24, 2.45) is 0 Å². The molecule has 0 spiro atoms. The Morgan fingerprint density at radius 3 is 2.31 bits per heavy atom. The Balaban J connectivity index is 1.97. The fourth-order valence-electron chi connectivity index (χ4n) is 2.90. The Bertz CT molecular complexity index is 1090. The number of aromatic amines is 1. The van der Waals surface area contributed by atoms with E-state index in [0.29, 0.717) is 6.07 Å². The van der Waals surface area contributed by atoms with Gasteiger partial charge in [-0.2, -0.15) is 13.2 Å². The molecule has 0 aliphatic heterocycles. The average molecular weight is 398 g/mol. The summed E-state index contributed by atoms with van der Waals surface area (Å²) in [4.78, 5) is 26.5. The fourth-order valence-corrected chi connectivity index (χ4v) is 2.90. The van der Waals surface area contributed by atoms with E-state index in [1.54, 1.807) is 29.3 Å². The molecule has 0 fully saturated rings. The lowest BCUT2D eigenvalue weighted by Crippen LogP contribution is -2.34. The number of benzene rings is 2. The molecule has 0 saturated carbocycles. The molecule has 0 saturated heterocycles. The SMILES string of the molecule is C=Cc1cccc(C(NC(=O)c2ccc(C(F)(F)F)[nH]c2=O)c2ccccc2)c1. The van der Waals surface area contributed by atoms with Crippen LogP contribution in [0.15, 0.2) is 78.1 Å². The van der Waals surface area contributed by atoms with Gasteiger partial charge in [-0.25, -0.2) is 0 Å². The zero-order chi connectivity index (χ0) is 21.0. The summed E-state index contributed by atoms with van der Waals surface area (Å²) >= 11 is 0. The van der Waals surface area contributed by atoms with Crippen molar-refractivity contribution in [2.75, 3.05) is 0 Å². The van der Waals surface area contributed by atoms with Crippen LogP contribution in [0, 0.1) is 0 Å². The van der Waals surface area contributed by atoms with Gasteiger partial charge >= 0.3 is 6.18 Å². The number of hydrogen-bond donors (Lipinski definition) is 2. The van der Waals surface area contributed by atoms with Gasteiger partial charge in [-0.15, -0.1) is 0 Å². The molecule has 0 bridgehead atoms. The van der Waals surface area contributed by atoms with Crippen molar-refractivity contribution in [2.45, 2.75) is 12.2 Å². The van der Waals surface area contributed by atoms with Crippen LogP contribution in [0.5, 0.6) is 0 Å². The minimum Gasteiger partial charge on any atom is -0.341 e. The highest BCUT2D eigenvalue weighted by molar-refractivity contribution is 5.94. The van der Waals surface area contributed by atoms with E-state index in [0.717, 1.165) is 22.8 Å². The van der Waals surface area contributed by atoms with Gasteiger partial charge in [0.25, 0.3) is 11.5 Å². The van der Waals surface area contributed by atoms with Crippen LogP contribution in [0.1, 0.15) is 38.8 Å². The zero-order valence-corrected chi connectivity index (χ0v) is 15.2. The van der Waals surface area contributed by atoms with Crippen molar-refractivity contribution < 1.29 is 18.0 Å². The van der Waals surface area contributed by atoms with E-state index in [4.69, 9.17) is 0 Å². The summed E-state index contributed by atoms with van der Waals surface area (Å²) in [6, 6.07) is 17.3. The molecule has 2 N–H and O–H groups in total. The maximum absolute atomic E-state index is 12.7. The van der Waals surface area contributed by atoms with Gasteiger partial charge < -0.3 is 10.3 Å². The second-order valence-corrected chi connectivity index (χ2v) is 6.30. The monoisotopic (exact) mass is 398 g/mol. The molecule has 1 atom stereocenters. The number of H-pyrrole nitrogens is 1. The van der Waals surface area contributed by atoms with Gasteiger partial charge in [0.2, 0.25) is 0 Å². The number of hydrogen-bond acceptors (Lipinski definition) is 2. The van der Waals surface area contributed by atoms with E-state index in [1.165, 1.54) is 0 Å². The predicted molar refractivity (Wildman–Crippen MR) is 104 cm³/mol. The van der Waals surface area contributed by atoms with Crippen LogP contribution in [-0.4, -0.2) is 10.9 Å². The van der Waals surface area contributed by atoms with Crippen molar-refractivity contribution in [1.82, 2.24) is 10.3 Å². The summed E-state index contributed by atoms with van der Waals surface area (Å²) in [6.45, 7) is 3.73. The smallest absolute Gasteiger partial charge is 0.341 e. The lowest BCUT2D eigenvalue weighted by atomic mass is 9.96. The lowest BCUT2D eigenvalue weighted by molar-refractivity contribution is -0.141. The molecule has 1 heterocycles. The molecule has 1 aromatic heterocycles. The second kappa shape index (κ2) is 8.18. The summed E-state index contributed by atoms with van der Waals surface area (Å²) in [5, 5.41) is 2.74. The third kappa shape index (κ3) is 4.63. The zero-order valence-electron chi connectivity index (χ0n) is 15.2. The largest absolute Gasteiger partial charge is 0.431 e. The Hall–Kier alpha value is -3.61. The maximum atomic E-state index is 12.7. The third-order valence-corrected chi connectivity index (χ3v) is 4.35. The van der Waals surface area contributed by atoms with E-state index in [2.05, 4.69) is 11.9 Å². The predicted octanol–water partition coefficient (Wildman–Crippen LogP) is 4.56. The minimum atomic E-state index is -4.70. The first-order chi connectivity index (χ1) is 13.8. The van der Waals surface area contributed by atoms with Gasteiger partial charge in [-0.05, 0) is 34.9 Å². The Labute approximate surface area is 164 Å². The number of halogens is 3. The molecule has 0 aliphatic rings. The van der Waals surface area contributed by atoms with Crippen molar-refractivity contribution in [1.29, 1.82) is 0 Å². The molecule has 29 heavy (non-hydrogen) atoms. The molecule has 148 valence electrons. The number of aromatic nitrogens is 1. The molecule has 1 amide bonds. The highest BCUT2D eigenvalue weighted by Crippen LogP contribution is 2.27. The summed E-state index contributed by atoms with van der Waals surface area (Å²) in [5.74, 6) is -0.780. The van der Waals surface area contributed by atoms with Crippen molar-refractivity contribution >= 4 is 12.0 Å². The minimum absolute atomic E-state index is 0.404. The number of carbonyl (C=O) groups is 1. The molecular formula is C22H17F3N2O2. The second-order valence-electron chi connectivity index (χ2n) is 6.30. The van der Waals surface area contributed by atoms with Gasteiger partial charge in [0.15, 0.2) is 0 Å². The van der Waals surface area contributed by atoms with Gasteiger partial charge in [-0.3, -0.25) is 9.59 Å². The first-order valence-corrected chi connectivity index (χ1v) is 8.68. The fraction of sp³-hybridized carbons (Fsp3) is 0.0909. The number of amides is 1. The van der Waals surface area contributed by atoms with E-state index in [9.17, 15) is 22.8 Å². The van der Waals surface area contributed by atoms with Crippen LogP contribution < -0.4 is 10.9 Å². The Morgan fingerprint density at radius 1 is 1.00 bits per heavy atom. The van der Waals surface area contributed by atoms with Crippen molar-refractivity contribution in [3.8, 4) is 0 Å². The molecule has 0 aliphatic carbocycles. The third-order valence-electron chi connectivity index (χ3n) is 4.35. The number of alkyl halides is 3. The first kappa shape index (κ1) is 20.1. The summed E-state index contributed by atoms with van der Waals surface area (Å²) in [5.41, 5.74) is -0.388. The van der Waals surface area contributed by atoms with Crippen molar-refractivity contribution in [3.63, 3.8) is 0 Å².